The maximum atomic E-state index is 13.9. The van der Waals surface area contributed by atoms with Crippen LogP contribution in [0.25, 0.3) is 0 Å². The molecule has 0 heterocycles. The van der Waals surface area contributed by atoms with Crippen LogP contribution in [0.1, 0.15) is 85.8 Å². The Bertz CT molecular complexity index is 1640. The topological polar surface area (TPSA) is 174 Å². The van der Waals surface area contributed by atoms with Crippen LogP contribution >= 0.6 is 0 Å². The van der Waals surface area contributed by atoms with Crippen molar-refractivity contribution in [3.05, 3.63) is 41.5 Å². The average Bonchev–Trinajstić information content (AvgIpc) is 3.13. The van der Waals surface area contributed by atoms with Crippen molar-refractivity contribution in [1.82, 2.24) is 10.6 Å². The highest BCUT2D eigenvalue weighted by Crippen LogP contribution is 2.40. The third-order valence-corrected chi connectivity index (χ3v) is 9.16. The number of carbonyl (C=O) groups excluding carboxylic acids is 4. The molecule has 2 unspecified atom stereocenters. The Labute approximate surface area is 319 Å². The number of carbonyl (C=O) groups is 4. The molecule has 2 rings (SSSR count). The van der Waals surface area contributed by atoms with Crippen LogP contribution < -0.4 is 30.7 Å². The summed E-state index contributed by atoms with van der Waals surface area (Å²) in [6.07, 6.45) is -5.69. The summed E-state index contributed by atoms with van der Waals surface area (Å²) in [6.45, 7) is 15.4. The van der Waals surface area contributed by atoms with E-state index in [-0.39, 0.29) is 42.6 Å². The molecule has 0 aliphatic carbocycles. The number of hydrogen-bond acceptors (Lipinski definition) is 9. The van der Waals surface area contributed by atoms with E-state index in [0.717, 1.165) is 36.1 Å². The van der Waals surface area contributed by atoms with E-state index in [9.17, 15) is 41.8 Å². The number of halogens is 4. The summed E-state index contributed by atoms with van der Waals surface area (Å²) in [5.41, 5.74) is 0.267. The number of phenols is 1. The van der Waals surface area contributed by atoms with E-state index in [1.807, 2.05) is 19.1 Å². The summed E-state index contributed by atoms with van der Waals surface area (Å²) >= 11 is 0. The van der Waals surface area contributed by atoms with E-state index in [4.69, 9.17) is 18.9 Å². The second kappa shape index (κ2) is 20.3. The van der Waals surface area contributed by atoms with Crippen molar-refractivity contribution in [3.63, 3.8) is 0 Å². The maximum absolute atomic E-state index is 13.9. The van der Waals surface area contributed by atoms with Gasteiger partial charge >= 0.3 is 18.3 Å². The number of anilines is 2. The number of nitrogens with one attached hydrogen (secondary N) is 4. The van der Waals surface area contributed by atoms with Gasteiger partial charge in [-0.2, -0.15) is 8.78 Å². The molecular formula is C38H54F4N4O9. The van der Waals surface area contributed by atoms with E-state index in [1.165, 1.54) is 12.4 Å². The largest absolute Gasteiger partial charge is 0.506 e. The van der Waals surface area contributed by atoms with Gasteiger partial charge in [-0.15, -0.1) is 0 Å². The Morgan fingerprint density at radius 3 is 2.04 bits per heavy atom. The maximum Gasteiger partial charge on any atom is 0.383 e. The Hall–Kier alpha value is -4.64. The number of hydrogen-bond donors (Lipinski definition) is 5. The SMILES string of the molecule is CCNC(=O)C(OCC(=O)NCCOC)Oc1cc(NC(=O)C(F)(F)C(F)F)c(O)cc1NC(=O)C(CC)Oc1ccc(C(C)(C)CC)cc1C(C)(C)CC. The number of methoxy groups -OCH3 is 1. The summed E-state index contributed by atoms with van der Waals surface area (Å²) in [7, 11) is 1.42. The Morgan fingerprint density at radius 2 is 1.47 bits per heavy atom. The molecule has 17 heteroatoms. The molecule has 0 spiro atoms. The first kappa shape index (κ1) is 46.5. The third kappa shape index (κ3) is 12.7. The van der Waals surface area contributed by atoms with Crippen LogP contribution in [-0.4, -0.2) is 86.9 Å². The van der Waals surface area contributed by atoms with Gasteiger partial charge in [0, 0.05) is 37.9 Å². The zero-order valence-corrected chi connectivity index (χ0v) is 32.8. The van der Waals surface area contributed by atoms with Crippen molar-refractivity contribution in [3.8, 4) is 17.2 Å². The number of aromatic hydroxyl groups is 1. The van der Waals surface area contributed by atoms with E-state index in [1.54, 1.807) is 13.8 Å². The van der Waals surface area contributed by atoms with Crippen LogP contribution in [0.2, 0.25) is 0 Å². The molecule has 0 radical (unpaired) electrons. The lowest BCUT2D eigenvalue weighted by molar-refractivity contribution is -0.163. The van der Waals surface area contributed by atoms with Gasteiger partial charge in [0.05, 0.1) is 18.0 Å². The first-order valence-corrected chi connectivity index (χ1v) is 18.0. The second-order valence-electron chi connectivity index (χ2n) is 13.9. The van der Waals surface area contributed by atoms with Crippen molar-refractivity contribution in [2.45, 2.75) is 110 Å². The van der Waals surface area contributed by atoms with Crippen molar-refractivity contribution in [1.29, 1.82) is 0 Å². The molecule has 4 amide bonds. The standard InChI is InChI=1S/C38H54F4N4O9/c1-10-27(54-28-15-14-22(36(5,6)11-2)18-23(28)37(7,8)12-3)31(49)45-25-19-26(47)24(46-35(51)38(41,42)34(39)40)20-29(25)55-33(32(50)43-13-4)53-21-30(48)44-16-17-52-9/h14-15,18-20,27,33-34,47H,10-13,16-17,21H2,1-9H3,(H,43,50)(H,44,48)(H,45,49)(H,46,51). The van der Waals surface area contributed by atoms with Crippen LogP contribution in [-0.2, 0) is 39.5 Å². The normalized spacial score (nSPS) is 13.1. The van der Waals surface area contributed by atoms with Crippen LogP contribution in [0.4, 0.5) is 28.9 Å². The number of alkyl halides is 4. The molecule has 0 saturated carbocycles. The van der Waals surface area contributed by atoms with E-state index in [2.05, 4.69) is 56.6 Å². The lowest BCUT2D eigenvalue weighted by atomic mass is 9.76. The monoisotopic (exact) mass is 786 g/mol. The molecular weight excluding hydrogens is 732 g/mol. The number of ether oxygens (including phenoxy) is 4. The highest BCUT2D eigenvalue weighted by molar-refractivity contribution is 6.00. The van der Waals surface area contributed by atoms with Gasteiger partial charge in [0.15, 0.2) is 6.10 Å². The summed E-state index contributed by atoms with van der Waals surface area (Å²) < 4.78 is 75.9. The molecule has 308 valence electrons. The third-order valence-electron chi connectivity index (χ3n) is 9.16. The number of rotatable bonds is 22. The molecule has 2 atom stereocenters. The Kier molecular flexibility index (Phi) is 17.2. The highest BCUT2D eigenvalue weighted by atomic mass is 19.3. The number of amides is 4. The van der Waals surface area contributed by atoms with Gasteiger partial charge in [0.1, 0.15) is 23.9 Å². The number of phenolic OH excluding ortho intramolecular Hbond substituents is 1. The van der Waals surface area contributed by atoms with E-state index in [0.29, 0.717) is 5.75 Å². The summed E-state index contributed by atoms with van der Waals surface area (Å²) in [6, 6.07) is 7.32. The van der Waals surface area contributed by atoms with Crippen molar-refractivity contribution < 1.29 is 60.8 Å². The molecule has 13 nitrogen and oxygen atoms in total. The lowest BCUT2D eigenvalue weighted by Crippen LogP contribution is -2.43. The van der Waals surface area contributed by atoms with Crippen LogP contribution in [0.5, 0.6) is 17.2 Å². The summed E-state index contributed by atoms with van der Waals surface area (Å²) in [5.74, 6) is -11.0. The highest BCUT2D eigenvalue weighted by Gasteiger charge is 2.49. The fourth-order valence-electron chi connectivity index (χ4n) is 4.87. The minimum atomic E-state index is -5.15. The van der Waals surface area contributed by atoms with Gasteiger partial charge in [-0.3, -0.25) is 19.2 Å². The van der Waals surface area contributed by atoms with Gasteiger partial charge in [0.2, 0.25) is 5.91 Å². The first-order chi connectivity index (χ1) is 25.7. The molecule has 0 bridgehead atoms. The quantitative estimate of drug-likeness (QED) is 0.0414. The average molecular weight is 787 g/mol. The van der Waals surface area contributed by atoms with Gasteiger partial charge < -0.3 is 45.3 Å². The fourth-order valence-corrected chi connectivity index (χ4v) is 4.87. The first-order valence-electron chi connectivity index (χ1n) is 18.0. The minimum Gasteiger partial charge on any atom is -0.506 e. The second-order valence-corrected chi connectivity index (χ2v) is 13.9. The Balaban J connectivity index is 2.60. The van der Waals surface area contributed by atoms with Crippen LogP contribution in [0, 0.1) is 0 Å². The van der Waals surface area contributed by atoms with Gasteiger partial charge in [-0.25, -0.2) is 8.78 Å². The molecule has 2 aromatic carbocycles. The molecule has 55 heavy (non-hydrogen) atoms. The lowest BCUT2D eigenvalue weighted by Gasteiger charge is -2.31. The molecule has 0 aliphatic rings. The van der Waals surface area contributed by atoms with Gasteiger partial charge in [-0.1, -0.05) is 60.6 Å². The van der Waals surface area contributed by atoms with Crippen molar-refractivity contribution in [2.24, 2.45) is 0 Å². The number of benzene rings is 2. The van der Waals surface area contributed by atoms with E-state index >= 15 is 0 Å². The van der Waals surface area contributed by atoms with E-state index < -0.39 is 72.2 Å². The zero-order valence-electron chi connectivity index (χ0n) is 32.8. The van der Waals surface area contributed by atoms with Crippen molar-refractivity contribution >= 4 is 35.0 Å². The summed E-state index contributed by atoms with van der Waals surface area (Å²) in [5, 5.41) is 19.7. The van der Waals surface area contributed by atoms with Gasteiger partial charge in [-0.05, 0) is 48.6 Å². The minimum absolute atomic E-state index is 0.0779. The molecule has 0 fully saturated rings. The smallest absolute Gasteiger partial charge is 0.383 e. The van der Waals surface area contributed by atoms with Crippen LogP contribution in [0.3, 0.4) is 0 Å². The Morgan fingerprint density at radius 1 is 0.818 bits per heavy atom. The van der Waals surface area contributed by atoms with Crippen molar-refractivity contribution in [2.75, 3.05) is 44.0 Å². The molecule has 0 aromatic heterocycles. The molecule has 0 aliphatic heterocycles. The molecule has 0 saturated heterocycles. The van der Waals surface area contributed by atoms with Gasteiger partial charge in [0.25, 0.3) is 18.1 Å². The number of likely N-dealkylation sites (N-methyl/N-ethyl adjacent to an activating group) is 1. The predicted molar refractivity (Wildman–Crippen MR) is 198 cm³/mol. The zero-order chi connectivity index (χ0) is 41.7. The predicted octanol–water partition coefficient (Wildman–Crippen LogP) is 6.02. The molecule has 2 aromatic rings. The van der Waals surface area contributed by atoms with Crippen LogP contribution in [0.15, 0.2) is 30.3 Å². The molecule has 5 N–H and O–H groups in total. The summed E-state index contributed by atoms with van der Waals surface area (Å²) in [4.78, 5) is 51.2. The fraction of sp³-hybridized carbons (Fsp3) is 0.579.